The van der Waals surface area contributed by atoms with Crippen LogP contribution < -0.4 is 10.2 Å². The molecule has 0 atom stereocenters. The van der Waals surface area contributed by atoms with E-state index in [4.69, 9.17) is 9.57 Å². The lowest BCUT2D eigenvalue weighted by molar-refractivity contribution is 0.0366. The first-order valence-corrected chi connectivity index (χ1v) is 7.69. The van der Waals surface area contributed by atoms with E-state index in [1.165, 1.54) is 0 Å². The summed E-state index contributed by atoms with van der Waals surface area (Å²) in [6.45, 7) is 2.21. The Hall–Kier alpha value is -2.92. The van der Waals surface area contributed by atoms with Crippen molar-refractivity contribution >= 4 is 16.8 Å². The molecule has 0 spiro atoms. The van der Waals surface area contributed by atoms with E-state index in [1.807, 2.05) is 55.5 Å². The van der Waals surface area contributed by atoms with Gasteiger partial charge in [0, 0.05) is 10.9 Å². The maximum absolute atomic E-state index is 12.4. The van der Waals surface area contributed by atoms with Crippen LogP contribution in [0.5, 0.6) is 5.75 Å². The number of nitrogens with zero attached hydrogens (tertiary/aromatic N) is 1. The molecular formula is C19H18N2O3. The van der Waals surface area contributed by atoms with Crippen LogP contribution in [0.3, 0.4) is 0 Å². The molecule has 2 aromatic carbocycles. The number of aromatic nitrogens is 1. The van der Waals surface area contributed by atoms with Gasteiger partial charge in [-0.25, -0.2) is 10.5 Å². The number of amides is 1. The van der Waals surface area contributed by atoms with E-state index < -0.39 is 0 Å². The van der Waals surface area contributed by atoms with Gasteiger partial charge in [-0.05, 0) is 31.2 Å². The molecule has 0 saturated carbocycles. The molecule has 0 bridgehead atoms. The molecule has 5 nitrogen and oxygen atoms in total. The zero-order chi connectivity index (χ0) is 16.9. The number of rotatable bonds is 5. The Kier molecular flexibility index (Phi) is 4.72. The molecule has 122 valence electrons. The van der Waals surface area contributed by atoms with Crippen LogP contribution in [0.4, 0.5) is 0 Å². The van der Waals surface area contributed by atoms with Gasteiger partial charge in [0.2, 0.25) is 0 Å². The number of pyridine rings is 1. The number of carbonyl (C=O) groups is 1. The first kappa shape index (κ1) is 16.0. The summed E-state index contributed by atoms with van der Waals surface area (Å²) in [5.74, 6) is 0.447. The second kappa shape index (κ2) is 7.10. The van der Waals surface area contributed by atoms with Gasteiger partial charge >= 0.3 is 0 Å². The minimum absolute atomic E-state index is 0.292. The van der Waals surface area contributed by atoms with Crippen molar-refractivity contribution in [3.8, 4) is 17.0 Å². The molecule has 24 heavy (non-hydrogen) atoms. The van der Waals surface area contributed by atoms with Crippen LogP contribution in [0.2, 0.25) is 0 Å². The summed E-state index contributed by atoms with van der Waals surface area (Å²) in [4.78, 5) is 22.1. The van der Waals surface area contributed by atoms with E-state index in [0.29, 0.717) is 17.9 Å². The van der Waals surface area contributed by atoms with Crippen molar-refractivity contribution in [2.24, 2.45) is 0 Å². The van der Waals surface area contributed by atoms with Gasteiger partial charge in [0.05, 0.1) is 30.5 Å². The van der Waals surface area contributed by atoms with Crippen molar-refractivity contribution in [2.75, 3.05) is 13.7 Å². The molecule has 3 aromatic rings. The van der Waals surface area contributed by atoms with Gasteiger partial charge in [0.1, 0.15) is 5.75 Å². The summed E-state index contributed by atoms with van der Waals surface area (Å²) in [7, 11) is 1.62. The third-order valence-corrected chi connectivity index (χ3v) is 3.64. The average Bonchev–Trinajstić information content (AvgIpc) is 2.65. The summed E-state index contributed by atoms with van der Waals surface area (Å²) >= 11 is 0. The monoisotopic (exact) mass is 322 g/mol. The van der Waals surface area contributed by atoms with Crippen LogP contribution in [0.25, 0.3) is 22.2 Å². The molecule has 0 unspecified atom stereocenters. The lowest BCUT2D eigenvalue weighted by Crippen LogP contribution is -2.24. The van der Waals surface area contributed by atoms with Gasteiger partial charge in [0.25, 0.3) is 5.91 Å². The zero-order valence-corrected chi connectivity index (χ0v) is 13.6. The molecule has 0 aliphatic carbocycles. The zero-order valence-electron chi connectivity index (χ0n) is 13.6. The van der Waals surface area contributed by atoms with Crippen LogP contribution in [0, 0.1) is 0 Å². The van der Waals surface area contributed by atoms with E-state index >= 15 is 0 Å². The number of fused-ring (bicyclic) bond motifs is 1. The van der Waals surface area contributed by atoms with Gasteiger partial charge in [-0.3, -0.25) is 9.63 Å². The molecule has 1 N–H and O–H groups in total. The highest BCUT2D eigenvalue weighted by Crippen LogP contribution is 2.27. The summed E-state index contributed by atoms with van der Waals surface area (Å²) in [6.07, 6.45) is 0. The Morgan fingerprint density at radius 2 is 1.96 bits per heavy atom. The molecule has 1 amide bonds. The number of para-hydroxylation sites is 1. The van der Waals surface area contributed by atoms with E-state index in [-0.39, 0.29) is 5.91 Å². The van der Waals surface area contributed by atoms with Crippen LogP contribution in [-0.4, -0.2) is 24.6 Å². The van der Waals surface area contributed by atoms with Crippen molar-refractivity contribution in [1.29, 1.82) is 0 Å². The van der Waals surface area contributed by atoms with E-state index in [0.717, 1.165) is 22.2 Å². The van der Waals surface area contributed by atoms with Crippen molar-refractivity contribution in [2.45, 2.75) is 6.92 Å². The summed E-state index contributed by atoms with van der Waals surface area (Å²) in [5, 5.41) is 0.779. The Bertz CT molecular complexity index is 877. The summed E-state index contributed by atoms with van der Waals surface area (Å²) < 4.78 is 5.27. The minimum atomic E-state index is -0.292. The molecule has 0 aliphatic rings. The number of ether oxygens (including phenoxy) is 1. The average molecular weight is 322 g/mol. The normalized spacial score (nSPS) is 10.6. The van der Waals surface area contributed by atoms with Crippen LogP contribution in [-0.2, 0) is 4.84 Å². The Balaban J connectivity index is 2.14. The minimum Gasteiger partial charge on any atom is -0.497 e. The Labute approximate surface area is 140 Å². The van der Waals surface area contributed by atoms with E-state index in [1.54, 1.807) is 13.2 Å². The lowest BCUT2D eigenvalue weighted by atomic mass is 10.0. The lowest BCUT2D eigenvalue weighted by Gasteiger charge is -2.10. The smallest absolute Gasteiger partial charge is 0.275 e. The number of hydrogen-bond donors (Lipinski definition) is 1. The van der Waals surface area contributed by atoms with Crippen molar-refractivity contribution < 1.29 is 14.4 Å². The molecule has 1 heterocycles. The number of nitrogens with one attached hydrogen (secondary N) is 1. The van der Waals surface area contributed by atoms with E-state index in [9.17, 15) is 4.79 Å². The molecule has 0 radical (unpaired) electrons. The first-order chi connectivity index (χ1) is 11.7. The fourth-order valence-electron chi connectivity index (χ4n) is 2.49. The van der Waals surface area contributed by atoms with Crippen LogP contribution in [0.15, 0.2) is 54.6 Å². The van der Waals surface area contributed by atoms with Gasteiger partial charge in [-0.2, -0.15) is 0 Å². The number of hydrogen-bond acceptors (Lipinski definition) is 4. The topological polar surface area (TPSA) is 60.5 Å². The summed E-state index contributed by atoms with van der Waals surface area (Å²) in [6, 6.07) is 16.9. The molecule has 1 aromatic heterocycles. The largest absolute Gasteiger partial charge is 0.497 e. The Morgan fingerprint density at radius 1 is 1.12 bits per heavy atom. The van der Waals surface area contributed by atoms with E-state index in [2.05, 4.69) is 10.5 Å². The number of methoxy groups -OCH3 is 1. The predicted octanol–water partition coefficient (Wildman–Crippen LogP) is 3.59. The molecule has 5 heteroatoms. The third-order valence-electron chi connectivity index (χ3n) is 3.64. The highest BCUT2D eigenvalue weighted by molar-refractivity contribution is 6.06. The van der Waals surface area contributed by atoms with Crippen molar-refractivity contribution in [3.05, 3.63) is 60.2 Å². The van der Waals surface area contributed by atoms with Crippen LogP contribution >= 0.6 is 0 Å². The first-order valence-electron chi connectivity index (χ1n) is 7.69. The van der Waals surface area contributed by atoms with Crippen LogP contribution in [0.1, 0.15) is 17.3 Å². The standard InChI is InChI=1S/C19H18N2O3/c1-3-24-21-19(22)16-12-18(13-7-6-8-14(11-13)23-2)20-17-10-5-4-9-15(16)17/h4-12H,3H2,1-2H3,(H,21,22). The number of benzene rings is 2. The second-order valence-corrected chi connectivity index (χ2v) is 5.17. The molecule has 0 fully saturated rings. The molecule has 0 saturated heterocycles. The summed E-state index contributed by atoms with van der Waals surface area (Å²) in [5.41, 5.74) is 5.30. The predicted molar refractivity (Wildman–Crippen MR) is 92.8 cm³/mol. The van der Waals surface area contributed by atoms with Gasteiger partial charge < -0.3 is 4.74 Å². The Morgan fingerprint density at radius 3 is 2.75 bits per heavy atom. The van der Waals surface area contributed by atoms with Crippen molar-refractivity contribution in [3.63, 3.8) is 0 Å². The van der Waals surface area contributed by atoms with Crippen molar-refractivity contribution in [1.82, 2.24) is 10.5 Å². The SMILES string of the molecule is CCONC(=O)c1cc(-c2cccc(OC)c2)nc2ccccc12. The highest BCUT2D eigenvalue weighted by atomic mass is 16.6. The maximum Gasteiger partial charge on any atom is 0.275 e. The fourth-order valence-corrected chi connectivity index (χ4v) is 2.49. The number of hydroxylamine groups is 1. The molecule has 3 rings (SSSR count). The van der Waals surface area contributed by atoms with Gasteiger partial charge in [-0.15, -0.1) is 0 Å². The third kappa shape index (κ3) is 3.21. The highest BCUT2D eigenvalue weighted by Gasteiger charge is 2.14. The quantitative estimate of drug-likeness (QED) is 0.729. The van der Waals surface area contributed by atoms with Gasteiger partial charge in [0.15, 0.2) is 0 Å². The fraction of sp³-hybridized carbons (Fsp3) is 0.158. The van der Waals surface area contributed by atoms with Gasteiger partial charge in [-0.1, -0.05) is 30.3 Å². The molecular weight excluding hydrogens is 304 g/mol. The second-order valence-electron chi connectivity index (χ2n) is 5.17. The molecule has 0 aliphatic heterocycles. The maximum atomic E-state index is 12.4. The number of carbonyl (C=O) groups excluding carboxylic acids is 1.